The number of hydrogen-bond donors (Lipinski definition) is 0. The number of azo groups is 1. The van der Waals surface area contributed by atoms with E-state index >= 15 is 0 Å². The lowest BCUT2D eigenvalue weighted by molar-refractivity contribution is 0.404. The van der Waals surface area contributed by atoms with Gasteiger partial charge in [-0.1, -0.05) is 33.6 Å². The molecule has 0 heterocycles. The lowest BCUT2D eigenvalue weighted by Crippen LogP contribution is -1.97. The van der Waals surface area contributed by atoms with Gasteiger partial charge in [-0.15, -0.1) is 0 Å². The molecule has 0 N–H and O–H groups in total. The molecular weight excluding hydrogens is 412 g/mol. The smallest absolute Gasteiger partial charge is 0.135 e. The van der Waals surface area contributed by atoms with Gasteiger partial charge in [-0.3, -0.25) is 0 Å². The number of ether oxygens (including phenoxy) is 1. The normalized spacial score (nSPS) is 12.3. The first-order chi connectivity index (χ1) is 12.6. The summed E-state index contributed by atoms with van der Waals surface area (Å²) in [6.45, 7) is 2.00. The molecule has 3 aromatic rings. The quantitative estimate of drug-likeness (QED) is 0.444. The van der Waals surface area contributed by atoms with E-state index in [2.05, 4.69) is 26.2 Å². The molecular formula is C20H17BrN2O2S. The predicted molar refractivity (Wildman–Crippen MR) is 107 cm³/mol. The van der Waals surface area contributed by atoms with E-state index < -0.39 is 10.8 Å². The third-order valence-corrected chi connectivity index (χ3v) is 5.64. The van der Waals surface area contributed by atoms with E-state index in [-0.39, 0.29) is 0 Å². The summed E-state index contributed by atoms with van der Waals surface area (Å²) in [5.74, 6) is 0.562. The van der Waals surface area contributed by atoms with Gasteiger partial charge in [0.2, 0.25) is 0 Å². The Hall–Kier alpha value is -2.31. The molecule has 0 unspecified atom stereocenters. The molecule has 3 rings (SSSR count). The van der Waals surface area contributed by atoms with Gasteiger partial charge in [0.1, 0.15) is 5.75 Å². The van der Waals surface area contributed by atoms with Crippen molar-refractivity contribution in [1.82, 2.24) is 0 Å². The van der Waals surface area contributed by atoms with Crippen molar-refractivity contribution in [2.24, 2.45) is 10.2 Å². The van der Waals surface area contributed by atoms with Gasteiger partial charge in [-0.25, -0.2) is 4.21 Å². The summed E-state index contributed by atoms with van der Waals surface area (Å²) in [6.07, 6.45) is 0. The number of halogens is 1. The molecule has 3 aromatic carbocycles. The minimum atomic E-state index is -1.36. The van der Waals surface area contributed by atoms with Crippen LogP contribution in [0.5, 0.6) is 5.75 Å². The van der Waals surface area contributed by atoms with Crippen LogP contribution in [0.2, 0.25) is 0 Å². The fraction of sp³-hybridized carbons (Fsp3) is 0.100. The zero-order valence-corrected chi connectivity index (χ0v) is 16.8. The van der Waals surface area contributed by atoms with Crippen molar-refractivity contribution in [1.29, 1.82) is 0 Å². The Morgan fingerprint density at radius 3 is 2.15 bits per heavy atom. The zero-order valence-electron chi connectivity index (χ0n) is 14.3. The highest BCUT2D eigenvalue weighted by molar-refractivity contribution is 9.10. The standard InChI is InChI=1S/C20H17BrN2O2S/c1-14-3-10-18(11-4-14)26(24)20-13-17(9-12-19(20)25-2)23-22-16-7-5-15(21)6-8-16/h3-13H,1-2H3/t26-/m0/s1. The SMILES string of the molecule is COc1ccc(N=Nc2ccc(Br)cc2)cc1[S@@](=O)c1ccc(C)cc1. The summed E-state index contributed by atoms with van der Waals surface area (Å²) >= 11 is 3.39. The van der Waals surface area contributed by atoms with E-state index in [1.54, 1.807) is 25.3 Å². The number of nitrogens with zero attached hydrogens (tertiary/aromatic N) is 2. The Morgan fingerprint density at radius 1 is 0.885 bits per heavy atom. The molecule has 0 saturated carbocycles. The molecule has 0 aromatic heterocycles. The summed E-state index contributed by atoms with van der Waals surface area (Å²) in [5, 5.41) is 8.47. The van der Waals surface area contributed by atoms with Crippen molar-refractivity contribution in [3.63, 3.8) is 0 Å². The Balaban J connectivity index is 1.92. The molecule has 0 bridgehead atoms. The van der Waals surface area contributed by atoms with Crippen molar-refractivity contribution < 1.29 is 8.95 Å². The van der Waals surface area contributed by atoms with Gasteiger partial charge in [0, 0.05) is 9.37 Å². The van der Waals surface area contributed by atoms with Crippen molar-refractivity contribution in [3.8, 4) is 5.75 Å². The molecule has 0 saturated heterocycles. The summed E-state index contributed by atoms with van der Waals surface area (Å²) in [4.78, 5) is 1.29. The fourth-order valence-electron chi connectivity index (χ4n) is 2.28. The van der Waals surface area contributed by atoms with Crippen LogP contribution >= 0.6 is 15.9 Å². The van der Waals surface area contributed by atoms with Gasteiger partial charge in [-0.05, 0) is 61.5 Å². The van der Waals surface area contributed by atoms with Crippen LogP contribution in [-0.4, -0.2) is 11.3 Å². The monoisotopic (exact) mass is 428 g/mol. The third kappa shape index (κ3) is 4.45. The van der Waals surface area contributed by atoms with Gasteiger partial charge in [0.25, 0.3) is 0 Å². The highest BCUT2D eigenvalue weighted by Gasteiger charge is 2.14. The summed E-state index contributed by atoms with van der Waals surface area (Å²) in [7, 11) is 0.203. The molecule has 6 heteroatoms. The van der Waals surface area contributed by atoms with Crippen LogP contribution in [0.15, 0.2) is 91.2 Å². The van der Waals surface area contributed by atoms with Crippen LogP contribution in [0.1, 0.15) is 5.56 Å². The van der Waals surface area contributed by atoms with Gasteiger partial charge in [0.05, 0.1) is 34.2 Å². The van der Waals surface area contributed by atoms with E-state index in [1.165, 1.54) is 0 Å². The van der Waals surface area contributed by atoms with Crippen molar-refractivity contribution in [2.45, 2.75) is 16.7 Å². The molecule has 132 valence electrons. The number of rotatable bonds is 5. The third-order valence-electron chi connectivity index (χ3n) is 3.69. The molecule has 0 aliphatic carbocycles. The van der Waals surface area contributed by atoms with Crippen LogP contribution in [0.25, 0.3) is 0 Å². The molecule has 1 atom stereocenters. The van der Waals surface area contributed by atoms with Crippen LogP contribution in [0.3, 0.4) is 0 Å². The minimum Gasteiger partial charge on any atom is -0.495 e. The highest BCUT2D eigenvalue weighted by Crippen LogP contribution is 2.31. The second-order valence-electron chi connectivity index (χ2n) is 5.59. The van der Waals surface area contributed by atoms with E-state index in [0.717, 1.165) is 20.6 Å². The second kappa shape index (κ2) is 8.38. The van der Waals surface area contributed by atoms with Crippen molar-refractivity contribution >= 4 is 38.1 Å². The van der Waals surface area contributed by atoms with Gasteiger partial charge < -0.3 is 4.74 Å². The summed E-state index contributed by atoms with van der Waals surface area (Å²) in [5.41, 5.74) is 2.48. The number of aryl methyl sites for hydroxylation is 1. The Morgan fingerprint density at radius 2 is 1.50 bits per heavy atom. The van der Waals surface area contributed by atoms with E-state index in [0.29, 0.717) is 16.3 Å². The van der Waals surface area contributed by atoms with Gasteiger partial charge in [0.15, 0.2) is 0 Å². The Bertz CT molecular complexity index is 955. The first kappa shape index (κ1) is 18.5. The van der Waals surface area contributed by atoms with Gasteiger partial charge in [-0.2, -0.15) is 10.2 Å². The zero-order chi connectivity index (χ0) is 18.5. The van der Waals surface area contributed by atoms with Crippen LogP contribution in [0, 0.1) is 6.92 Å². The highest BCUT2D eigenvalue weighted by atomic mass is 79.9. The fourth-order valence-corrected chi connectivity index (χ4v) is 3.75. The lowest BCUT2D eigenvalue weighted by Gasteiger charge is -2.09. The maximum atomic E-state index is 13.0. The number of hydrogen-bond acceptors (Lipinski definition) is 4. The average Bonchev–Trinajstić information content (AvgIpc) is 2.67. The molecule has 4 nitrogen and oxygen atoms in total. The Labute approximate surface area is 163 Å². The number of methoxy groups -OCH3 is 1. The van der Waals surface area contributed by atoms with E-state index in [1.807, 2.05) is 55.5 Å². The van der Waals surface area contributed by atoms with Gasteiger partial charge >= 0.3 is 0 Å². The largest absolute Gasteiger partial charge is 0.495 e. The molecule has 0 aliphatic heterocycles. The van der Waals surface area contributed by atoms with Crippen LogP contribution in [0.4, 0.5) is 11.4 Å². The van der Waals surface area contributed by atoms with Crippen molar-refractivity contribution in [2.75, 3.05) is 7.11 Å². The first-order valence-electron chi connectivity index (χ1n) is 7.90. The number of benzene rings is 3. The second-order valence-corrected chi connectivity index (χ2v) is 7.96. The minimum absolute atomic E-state index is 0.562. The summed E-state index contributed by atoms with van der Waals surface area (Å²) < 4.78 is 19.3. The predicted octanol–water partition coefficient (Wildman–Crippen LogP) is 6.35. The molecule has 0 aliphatic rings. The molecule has 0 spiro atoms. The lowest BCUT2D eigenvalue weighted by atomic mass is 10.2. The summed E-state index contributed by atoms with van der Waals surface area (Å²) in [6, 6.07) is 20.4. The molecule has 0 fully saturated rings. The maximum absolute atomic E-state index is 13.0. The van der Waals surface area contributed by atoms with Crippen LogP contribution in [-0.2, 0) is 10.8 Å². The van der Waals surface area contributed by atoms with Crippen LogP contribution < -0.4 is 4.74 Å². The maximum Gasteiger partial charge on any atom is 0.135 e. The topological polar surface area (TPSA) is 51.0 Å². The Kier molecular flexibility index (Phi) is 5.96. The van der Waals surface area contributed by atoms with Crippen molar-refractivity contribution in [3.05, 3.63) is 76.8 Å². The average molecular weight is 429 g/mol. The van der Waals surface area contributed by atoms with E-state index in [9.17, 15) is 4.21 Å². The molecule has 26 heavy (non-hydrogen) atoms. The molecule has 0 amide bonds. The first-order valence-corrected chi connectivity index (χ1v) is 9.85. The molecule has 0 radical (unpaired) electrons. The van der Waals surface area contributed by atoms with E-state index in [4.69, 9.17) is 4.74 Å².